The maximum absolute atomic E-state index is 13.4. The number of hydrogen-bond donors (Lipinski definition) is 2. The second-order valence-corrected chi connectivity index (χ2v) is 11.8. The number of benzene rings is 2. The van der Waals surface area contributed by atoms with Crippen LogP contribution < -0.4 is 19.7 Å². The van der Waals surface area contributed by atoms with Gasteiger partial charge in [-0.25, -0.2) is 18.2 Å². The zero-order valence-corrected chi connectivity index (χ0v) is 23.7. The van der Waals surface area contributed by atoms with E-state index in [2.05, 4.69) is 24.9 Å². The van der Waals surface area contributed by atoms with Crippen molar-refractivity contribution in [3.8, 4) is 11.6 Å². The van der Waals surface area contributed by atoms with Crippen LogP contribution in [-0.4, -0.2) is 54.7 Å². The maximum Gasteiger partial charge on any atom is 0.326 e. The molecule has 2 aromatic carbocycles. The van der Waals surface area contributed by atoms with E-state index in [9.17, 15) is 13.2 Å². The van der Waals surface area contributed by atoms with Crippen LogP contribution in [-0.2, 0) is 16.6 Å². The summed E-state index contributed by atoms with van der Waals surface area (Å²) >= 11 is 0. The first-order chi connectivity index (χ1) is 19.7. The van der Waals surface area contributed by atoms with Crippen LogP contribution in [0.3, 0.4) is 0 Å². The van der Waals surface area contributed by atoms with Crippen LogP contribution in [0.2, 0.25) is 0 Å². The van der Waals surface area contributed by atoms with Crippen LogP contribution in [0.4, 0.5) is 21.9 Å². The topological polar surface area (TPSA) is 117 Å². The minimum Gasteiger partial charge on any atom is -0.439 e. The molecule has 0 spiro atoms. The zero-order valence-electron chi connectivity index (χ0n) is 22.9. The predicted molar refractivity (Wildman–Crippen MR) is 160 cm³/mol. The molecule has 1 aliphatic rings. The lowest BCUT2D eigenvalue weighted by Gasteiger charge is -2.29. The summed E-state index contributed by atoms with van der Waals surface area (Å²) in [6, 6.07) is 23.7. The first-order valence-corrected chi connectivity index (χ1v) is 15.1. The number of rotatable bonds is 9. The Balaban J connectivity index is 1.20. The Bertz CT molecular complexity index is 1560. The zero-order chi connectivity index (χ0) is 28.8. The van der Waals surface area contributed by atoms with Gasteiger partial charge in [0.25, 0.3) is 0 Å². The molecule has 1 aliphatic heterocycles. The van der Waals surface area contributed by atoms with Gasteiger partial charge in [0, 0.05) is 49.0 Å². The predicted octanol–water partition coefficient (Wildman–Crippen LogP) is 5.26. The van der Waals surface area contributed by atoms with Gasteiger partial charge in [-0.1, -0.05) is 24.3 Å². The third kappa shape index (κ3) is 7.80. The second kappa shape index (κ2) is 12.4. The van der Waals surface area contributed by atoms with Gasteiger partial charge in [-0.2, -0.15) is 0 Å². The molecule has 4 aromatic rings. The Morgan fingerprint density at radius 3 is 2.39 bits per heavy atom. The van der Waals surface area contributed by atoms with E-state index in [1.165, 1.54) is 0 Å². The first kappa shape index (κ1) is 28.1. The molecule has 41 heavy (non-hydrogen) atoms. The molecular formula is C30H32N6O4S. The van der Waals surface area contributed by atoms with Gasteiger partial charge in [-0.05, 0) is 67.4 Å². The van der Waals surface area contributed by atoms with Gasteiger partial charge in [-0.3, -0.25) is 19.5 Å². The Morgan fingerprint density at radius 1 is 0.976 bits per heavy atom. The number of hydrogen-bond acceptors (Lipinski definition) is 7. The number of carbonyl (C=O) groups excluding carboxylic acids is 1. The smallest absolute Gasteiger partial charge is 0.326 e. The summed E-state index contributed by atoms with van der Waals surface area (Å²) in [7, 11) is -3.34. The van der Waals surface area contributed by atoms with Crippen LogP contribution in [0.5, 0.6) is 11.6 Å². The number of aromatic nitrogens is 2. The maximum atomic E-state index is 13.4. The van der Waals surface area contributed by atoms with Crippen LogP contribution in [0.15, 0.2) is 91.3 Å². The van der Waals surface area contributed by atoms with Gasteiger partial charge in [0.2, 0.25) is 15.9 Å². The van der Waals surface area contributed by atoms with Crippen LogP contribution in [0.25, 0.3) is 0 Å². The van der Waals surface area contributed by atoms with E-state index in [1.54, 1.807) is 36.7 Å². The summed E-state index contributed by atoms with van der Waals surface area (Å²) in [6.07, 6.45) is 5.40. The summed E-state index contributed by atoms with van der Waals surface area (Å²) < 4.78 is 31.0. The summed E-state index contributed by atoms with van der Waals surface area (Å²) in [6.45, 7) is 4.18. The molecule has 10 nitrogen and oxygen atoms in total. The van der Waals surface area contributed by atoms with Gasteiger partial charge in [0.1, 0.15) is 5.75 Å². The Kier molecular flexibility index (Phi) is 8.46. The average Bonchev–Trinajstić information content (AvgIpc) is 3.40. The number of para-hydroxylation sites is 1. The number of ether oxygens (including phenoxy) is 1. The lowest BCUT2D eigenvalue weighted by atomic mass is 10.2. The van der Waals surface area contributed by atoms with Gasteiger partial charge in [0.15, 0.2) is 0 Å². The second-order valence-electron chi connectivity index (χ2n) is 10.0. The van der Waals surface area contributed by atoms with Crippen LogP contribution in [0.1, 0.15) is 17.7 Å². The molecular weight excluding hydrogens is 540 g/mol. The quantitative estimate of drug-likeness (QED) is 0.281. The lowest BCUT2D eigenvalue weighted by molar-refractivity contribution is 0.254. The summed E-state index contributed by atoms with van der Waals surface area (Å²) in [5.74, 6) is 0.988. The van der Waals surface area contributed by atoms with Gasteiger partial charge in [-0.15, -0.1) is 0 Å². The SMILES string of the molecule is Cc1ccc(NC(=O)N(c2ccccc2)[C@H]2CCN(Cc3ccc(Oc4ccc(NS(C)(=O)=O)cc4)nc3)C2)cn1. The van der Waals surface area contributed by atoms with Crippen molar-refractivity contribution < 1.29 is 17.9 Å². The largest absolute Gasteiger partial charge is 0.439 e. The van der Waals surface area contributed by atoms with Gasteiger partial charge < -0.3 is 10.1 Å². The number of nitrogens with zero attached hydrogens (tertiary/aromatic N) is 4. The monoisotopic (exact) mass is 572 g/mol. The highest BCUT2D eigenvalue weighted by Gasteiger charge is 2.32. The minimum absolute atomic E-state index is 0.00605. The fourth-order valence-electron chi connectivity index (χ4n) is 4.72. The molecule has 0 unspecified atom stereocenters. The summed E-state index contributed by atoms with van der Waals surface area (Å²) in [4.78, 5) is 26.3. The molecule has 212 valence electrons. The van der Waals surface area contributed by atoms with Crippen molar-refractivity contribution in [2.24, 2.45) is 0 Å². The lowest BCUT2D eigenvalue weighted by Crippen LogP contribution is -2.44. The number of anilines is 3. The van der Waals surface area contributed by atoms with Crippen LogP contribution in [0, 0.1) is 6.92 Å². The third-order valence-electron chi connectivity index (χ3n) is 6.61. The Hall–Kier alpha value is -4.48. The number of sulfonamides is 1. The molecule has 2 N–H and O–H groups in total. The number of likely N-dealkylation sites (tertiary alicyclic amines) is 1. The molecule has 1 atom stereocenters. The molecule has 0 radical (unpaired) electrons. The molecule has 2 aromatic heterocycles. The standard InChI is InChI=1S/C30H32N6O4S/c1-22-8-10-25(19-31-22)33-30(37)36(26-6-4-3-5-7-26)27-16-17-35(21-27)20-23-9-15-29(32-18-23)40-28-13-11-24(12-14-28)34-41(2,38)39/h3-15,18-19,27,34H,16-17,20-21H2,1-2H3,(H,33,37)/t27-/m0/s1. The van der Waals surface area contributed by atoms with E-state index in [4.69, 9.17) is 4.74 Å². The number of amides is 2. The third-order valence-corrected chi connectivity index (χ3v) is 7.22. The Morgan fingerprint density at radius 2 is 1.73 bits per heavy atom. The van der Waals surface area contributed by atoms with Crippen LogP contribution >= 0.6 is 0 Å². The Labute approximate surface area is 240 Å². The van der Waals surface area contributed by atoms with Crippen molar-refractivity contribution in [2.45, 2.75) is 25.9 Å². The van der Waals surface area contributed by atoms with E-state index in [0.717, 1.165) is 42.7 Å². The van der Waals surface area contributed by atoms with Crippen molar-refractivity contribution in [3.05, 3.63) is 103 Å². The molecule has 2 amide bonds. The van der Waals surface area contributed by atoms with E-state index in [1.807, 2.05) is 66.4 Å². The number of urea groups is 1. The first-order valence-electron chi connectivity index (χ1n) is 13.2. The van der Waals surface area contributed by atoms with Gasteiger partial charge in [0.05, 0.1) is 24.2 Å². The van der Waals surface area contributed by atoms with Crippen molar-refractivity contribution in [1.29, 1.82) is 0 Å². The number of nitrogens with one attached hydrogen (secondary N) is 2. The molecule has 0 saturated carbocycles. The fraction of sp³-hybridized carbons (Fsp3) is 0.233. The van der Waals surface area contributed by atoms with Crippen molar-refractivity contribution in [1.82, 2.24) is 14.9 Å². The molecule has 1 saturated heterocycles. The molecule has 3 heterocycles. The summed E-state index contributed by atoms with van der Waals surface area (Å²) in [5, 5.41) is 3.00. The highest BCUT2D eigenvalue weighted by Crippen LogP contribution is 2.26. The van der Waals surface area contributed by atoms with Gasteiger partial charge >= 0.3 is 6.03 Å². The highest BCUT2D eigenvalue weighted by molar-refractivity contribution is 7.92. The van der Waals surface area contributed by atoms with E-state index >= 15 is 0 Å². The minimum atomic E-state index is -3.34. The normalized spacial score (nSPS) is 15.3. The molecule has 0 aliphatic carbocycles. The molecule has 0 bridgehead atoms. The summed E-state index contributed by atoms with van der Waals surface area (Å²) in [5.41, 5.74) is 3.89. The molecule has 1 fully saturated rings. The van der Waals surface area contributed by atoms with Crippen molar-refractivity contribution in [3.63, 3.8) is 0 Å². The highest BCUT2D eigenvalue weighted by atomic mass is 32.2. The van der Waals surface area contributed by atoms with E-state index in [0.29, 0.717) is 29.5 Å². The molecule has 5 rings (SSSR count). The van der Waals surface area contributed by atoms with E-state index in [-0.39, 0.29) is 12.1 Å². The fourth-order valence-corrected chi connectivity index (χ4v) is 5.29. The number of aryl methyl sites for hydroxylation is 1. The van der Waals surface area contributed by atoms with Crippen molar-refractivity contribution >= 4 is 33.1 Å². The number of pyridine rings is 2. The number of carbonyl (C=O) groups is 1. The van der Waals surface area contributed by atoms with E-state index < -0.39 is 10.0 Å². The molecule has 11 heteroatoms. The average molecular weight is 573 g/mol. The van der Waals surface area contributed by atoms with Crippen molar-refractivity contribution in [2.75, 3.05) is 34.3 Å².